The van der Waals surface area contributed by atoms with Crippen molar-refractivity contribution in [2.75, 3.05) is 0 Å². The Kier molecular flexibility index (Phi) is 5.77. The molecule has 0 aromatic heterocycles. The summed E-state index contributed by atoms with van der Waals surface area (Å²) in [5, 5.41) is 0.561. The molecule has 0 spiro atoms. The molecule has 0 aliphatic rings. The van der Waals surface area contributed by atoms with Gasteiger partial charge in [-0.05, 0) is 55.8 Å². The first-order valence-electron chi connectivity index (χ1n) is 7.18. The predicted molar refractivity (Wildman–Crippen MR) is 87.6 cm³/mol. The summed E-state index contributed by atoms with van der Waals surface area (Å²) in [6, 6.07) is 13.2. The van der Waals surface area contributed by atoms with Crippen LogP contribution in [0.25, 0.3) is 0 Å². The summed E-state index contributed by atoms with van der Waals surface area (Å²) in [4.78, 5) is 23.6. The molecule has 0 aliphatic carbocycles. The number of halogens is 1. The summed E-state index contributed by atoms with van der Waals surface area (Å²) in [6.45, 7) is 3.71. The summed E-state index contributed by atoms with van der Waals surface area (Å²) >= 11 is 5.77. The van der Waals surface area contributed by atoms with E-state index >= 15 is 0 Å². The summed E-state index contributed by atoms with van der Waals surface area (Å²) in [7, 11) is 0. The number of rotatable bonds is 5. The van der Waals surface area contributed by atoms with E-state index in [9.17, 15) is 9.59 Å². The van der Waals surface area contributed by atoms with Crippen LogP contribution in [0.15, 0.2) is 48.5 Å². The third kappa shape index (κ3) is 5.11. The molecule has 0 fully saturated rings. The molecule has 0 aliphatic heterocycles. The fourth-order valence-electron chi connectivity index (χ4n) is 1.84. The molecular weight excluding hydrogens is 316 g/mol. The van der Waals surface area contributed by atoms with Crippen LogP contribution < -0.4 is 0 Å². The van der Waals surface area contributed by atoms with Crippen molar-refractivity contribution in [2.45, 2.75) is 26.6 Å². The first-order valence-corrected chi connectivity index (χ1v) is 7.56. The van der Waals surface area contributed by atoms with Gasteiger partial charge in [-0.25, -0.2) is 9.59 Å². The Bertz CT molecular complexity index is 675. The molecule has 5 heteroatoms. The number of hydrogen-bond donors (Lipinski definition) is 0. The van der Waals surface area contributed by atoms with Crippen LogP contribution in [0, 0.1) is 0 Å². The fourth-order valence-corrected chi connectivity index (χ4v) is 1.96. The molecule has 0 unspecified atom stereocenters. The average molecular weight is 333 g/mol. The molecule has 4 nitrogen and oxygen atoms in total. The lowest BCUT2D eigenvalue weighted by Gasteiger charge is -2.09. The Morgan fingerprint density at radius 1 is 0.913 bits per heavy atom. The highest BCUT2D eigenvalue weighted by Gasteiger charge is 2.10. The van der Waals surface area contributed by atoms with Crippen molar-refractivity contribution in [3.63, 3.8) is 0 Å². The topological polar surface area (TPSA) is 52.6 Å². The number of ether oxygens (including phenoxy) is 2. The maximum absolute atomic E-state index is 11.9. The van der Waals surface area contributed by atoms with Crippen LogP contribution in [0.3, 0.4) is 0 Å². The van der Waals surface area contributed by atoms with E-state index in [1.807, 2.05) is 0 Å². The minimum absolute atomic E-state index is 0.126. The van der Waals surface area contributed by atoms with Crippen LogP contribution in [-0.2, 0) is 16.1 Å². The molecule has 0 radical (unpaired) electrons. The van der Waals surface area contributed by atoms with Crippen LogP contribution in [0.5, 0.6) is 0 Å². The third-order valence-corrected chi connectivity index (χ3v) is 3.23. The molecule has 0 atom stereocenters. The van der Waals surface area contributed by atoms with Gasteiger partial charge < -0.3 is 9.47 Å². The molecule has 120 valence electrons. The molecule has 2 rings (SSSR count). The molecular formula is C18H17ClO4. The van der Waals surface area contributed by atoms with Crippen LogP contribution in [0.4, 0.5) is 0 Å². The number of hydrogen-bond acceptors (Lipinski definition) is 4. The summed E-state index contributed by atoms with van der Waals surface area (Å²) in [6.07, 6.45) is -0.164. The van der Waals surface area contributed by atoms with Gasteiger partial charge in [-0.1, -0.05) is 23.7 Å². The van der Waals surface area contributed by atoms with Crippen molar-refractivity contribution in [3.8, 4) is 0 Å². The number of benzene rings is 2. The second-order valence-corrected chi connectivity index (χ2v) is 5.67. The highest BCUT2D eigenvalue weighted by Crippen LogP contribution is 2.12. The van der Waals surface area contributed by atoms with Crippen LogP contribution >= 0.6 is 11.6 Å². The smallest absolute Gasteiger partial charge is 0.338 e. The molecule has 0 saturated heterocycles. The highest BCUT2D eigenvalue weighted by atomic mass is 35.5. The largest absolute Gasteiger partial charge is 0.459 e. The van der Waals surface area contributed by atoms with Crippen molar-refractivity contribution in [1.29, 1.82) is 0 Å². The van der Waals surface area contributed by atoms with Crippen LogP contribution in [0.1, 0.15) is 40.1 Å². The van der Waals surface area contributed by atoms with Crippen LogP contribution in [0.2, 0.25) is 5.02 Å². The van der Waals surface area contributed by atoms with E-state index in [0.29, 0.717) is 16.1 Å². The van der Waals surface area contributed by atoms with Gasteiger partial charge in [0.15, 0.2) is 0 Å². The lowest BCUT2D eigenvalue weighted by molar-refractivity contribution is 0.0376. The van der Waals surface area contributed by atoms with Gasteiger partial charge in [0, 0.05) is 5.02 Å². The van der Waals surface area contributed by atoms with Crippen molar-refractivity contribution < 1.29 is 19.1 Å². The average Bonchev–Trinajstić information content (AvgIpc) is 2.53. The number of carbonyl (C=O) groups excluding carboxylic acids is 2. The predicted octanol–water partition coefficient (Wildman–Crippen LogP) is 4.26. The molecule has 2 aromatic carbocycles. The van der Waals surface area contributed by atoms with E-state index in [1.54, 1.807) is 62.4 Å². The third-order valence-electron chi connectivity index (χ3n) is 2.98. The number of esters is 2. The monoisotopic (exact) mass is 332 g/mol. The van der Waals surface area contributed by atoms with Gasteiger partial charge in [-0.2, -0.15) is 0 Å². The van der Waals surface area contributed by atoms with Crippen molar-refractivity contribution in [1.82, 2.24) is 0 Å². The summed E-state index contributed by atoms with van der Waals surface area (Å²) < 4.78 is 10.3. The quantitative estimate of drug-likeness (QED) is 0.767. The maximum Gasteiger partial charge on any atom is 0.338 e. The van der Waals surface area contributed by atoms with Crippen molar-refractivity contribution in [3.05, 3.63) is 70.2 Å². The minimum Gasteiger partial charge on any atom is -0.459 e. The molecule has 2 aromatic rings. The molecule has 0 heterocycles. The van der Waals surface area contributed by atoms with Gasteiger partial charge in [0.1, 0.15) is 6.61 Å². The van der Waals surface area contributed by atoms with Crippen molar-refractivity contribution >= 4 is 23.5 Å². The Hall–Kier alpha value is -2.33. The lowest BCUT2D eigenvalue weighted by Crippen LogP contribution is -2.11. The maximum atomic E-state index is 11.9. The molecule has 0 saturated carbocycles. The van der Waals surface area contributed by atoms with E-state index in [-0.39, 0.29) is 18.7 Å². The fraction of sp³-hybridized carbons (Fsp3) is 0.222. The zero-order chi connectivity index (χ0) is 16.8. The second-order valence-electron chi connectivity index (χ2n) is 5.23. The van der Waals surface area contributed by atoms with E-state index in [4.69, 9.17) is 21.1 Å². The Balaban J connectivity index is 1.92. The Labute approximate surface area is 140 Å². The Morgan fingerprint density at radius 2 is 1.43 bits per heavy atom. The van der Waals surface area contributed by atoms with Gasteiger partial charge in [0.25, 0.3) is 0 Å². The standard InChI is InChI=1S/C18H17ClO4/c1-12(2)23-18(21)15-5-3-13(4-6-15)11-22-17(20)14-7-9-16(19)10-8-14/h3-10,12H,11H2,1-2H3. The Morgan fingerprint density at radius 3 is 2.00 bits per heavy atom. The van der Waals surface area contributed by atoms with E-state index < -0.39 is 5.97 Å². The van der Waals surface area contributed by atoms with Crippen molar-refractivity contribution in [2.24, 2.45) is 0 Å². The van der Waals surface area contributed by atoms with Gasteiger partial charge in [0.2, 0.25) is 0 Å². The van der Waals surface area contributed by atoms with E-state index in [2.05, 4.69) is 0 Å². The number of carbonyl (C=O) groups is 2. The highest BCUT2D eigenvalue weighted by molar-refractivity contribution is 6.30. The van der Waals surface area contributed by atoms with Gasteiger partial charge >= 0.3 is 11.9 Å². The lowest BCUT2D eigenvalue weighted by atomic mass is 10.1. The van der Waals surface area contributed by atoms with Gasteiger partial charge in [-0.15, -0.1) is 0 Å². The first kappa shape index (κ1) is 17.0. The SMILES string of the molecule is CC(C)OC(=O)c1ccc(COC(=O)c2ccc(Cl)cc2)cc1. The minimum atomic E-state index is -0.426. The molecule has 0 amide bonds. The van der Waals surface area contributed by atoms with E-state index in [0.717, 1.165) is 5.56 Å². The molecule has 23 heavy (non-hydrogen) atoms. The molecule has 0 bridgehead atoms. The van der Waals surface area contributed by atoms with Crippen LogP contribution in [-0.4, -0.2) is 18.0 Å². The second kappa shape index (κ2) is 7.79. The normalized spacial score (nSPS) is 10.4. The van der Waals surface area contributed by atoms with Gasteiger partial charge in [-0.3, -0.25) is 0 Å². The summed E-state index contributed by atoms with van der Waals surface area (Å²) in [5.41, 5.74) is 1.69. The van der Waals surface area contributed by atoms with Gasteiger partial charge in [0.05, 0.1) is 17.2 Å². The summed E-state index contributed by atoms with van der Waals surface area (Å²) in [5.74, 6) is -0.797. The molecule has 0 N–H and O–H groups in total. The zero-order valence-corrected chi connectivity index (χ0v) is 13.7. The zero-order valence-electron chi connectivity index (χ0n) is 12.9. The van der Waals surface area contributed by atoms with E-state index in [1.165, 1.54) is 0 Å². The first-order chi connectivity index (χ1) is 11.0.